The molecule has 3 aromatic rings. The molecule has 8 heteroatoms. The van der Waals surface area contributed by atoms with Gasteiger partial charge in [-0.05, 0) is 82.3 Å². The maximum absolute atomic E-state index is 14.2. The predicted molar refractivity (Wildman–Crippen MR) is 168 cm³/mol. The number of anilines is 1. The zero-order chi connectivity index (χ0) is 30.4. The number of nitrogens with one attached hydrogen (secondary N) is 1. The number of nitrogens with zero attached hydrogens (tertiary/aromatic N) is 2. The maximum atomic E-state index is 14.2. The first-order valence-corrected chi connectivity index (χ1v) is 16.2. The molecule has 0 heterocycles. The van der Waals surface area contributed by atoms with Gasteiger partial charge >= 0.3 is 0 Å². The van der Waals surface area contributed by atoms with Gasteiger partial charge in [0.2, 0.25) is 11.8 Å². The number of carbonyl (C=O) groups is 2. The van der Waals surface area contributed by atoms with E-state index in [1.807, 2.05) is 64.1 Å². The number of aryl methyl sites for hydroxylation is 4. The van der Waals surface area contributed by atoms with E-state index in [9.17, 15) is 18.0 Å². The molecule has 0 saturated heterocycles. The van der Waals surface area contributed by atoms with Crippen LogP contribution in [0.1, 0.15) is 66.8 Å². The van der Waals surface area contributed by atoms with E-state index in [2.05, 4.69) is 5.32 Å². The van der Waals surface area contributed by atoms with Crippen molar-refractivity contribution in [3.8, 4) is 0 Å². The molecule has 0 aromatic heterocycles. The van der Waals surface area contributed by atoms with Crippen LogP contribution in [-0.4, -0.2) is 43.8 Å². The number of hydrogen-bond donors (Lipinski definition) is 1. The molecule has 224 valence electrons. The zero-order valence-electron chi connectivity index (χ0n) is 25.4. The smallest absolute Gasteiger partial charge is 0.264 e. The quantitative estimate of drug-likeness (QED) is 0.315. The largest absolute Gasteiger partial charge is 0.352 e. The molecule has 0 unspecified atom stereocenters. The predicted octanol–water partition coefficient (Wildman–Crippen LogP) is 5.98. The fraction of sp³-hybridized carbons (Fsp3) is 0.412. The highest BCUT2D eigenvalue weighted by atomic mass is 32.2. The lowest BCUT2D eigenvalue weighted by Gasteiger charge is -2.33. The van der Waals surface area contributed by atoms with Crippen LogP contribution in [-0.2, 0) is 26.2 Å². The van der Waals surface area contributed by atoms with Gasteiger partial charge in [-0.15, -0.1) is 0 Å². The van der Waals surface area contributed by atoms with Crippen LogP contribution in [0.15, 0.2) is 71.6 Å². The molecular weight excluding hydrogens is 546 g/mol. The summed E-state index contributed by atoms with van der Waals surface area (Å²) in [4.78, 5) is 29.3. The molecule has 7 nitrogen and oxygen atoms in total. The summed E-state index contributed by atoms with van der Waals surface area (Å²) < 4.78 is 29.4. The summed E-state index contributed by atoms with van der Waals surface area (Å²) in [6.45, 7) is 9.07. The highest BCUT2D eigenvalue weighted by Crippen LogP contribution is 2.29. The molecule has 2 amide bonds. The topological polar surface area (TPSA) is 86.8 Å². The average Bonchev–Trinajstić information content (AvgIpc) is 2.96. The minimum atomic E-state index is -4.10. The zero-order valence-corrected chi connectivity index (χ0v) is 26.2. The molecule has 1 aliphatic rings. The van der Waals surface area contributed by atoms with Crippen molar-refractivity contribution in [1.29, 1.82) is 0 Å². The Morgan fingerprint density at radius 2 is 1.50 bits per heavy atom. The minimum absolute atomic E-state index is 0.0954. The molecule has 4 rings (SSSR count). The number of benzene rings is 3. The lowest BCUT2D eigenvalue weighted by Crippen LogP contribution is -2.53. The molecule has 0 aliphatic heterocycles. The number of rotatable bonds is 10. The number of sulfonamides is 1. The van der Waals surface area contributed by atoms with Crippen molar-refractivity contribution in [2.45, 2.75) is 90.2 Å². The van der Waals surface area contributed by atoms with E-state index in [1.54, 1.807) is 37.3 Å². The van der Waals surface area contributed by atoms with Crippen molar-refractivity contribution in [2.24, 2.45) is 0 Å². The fourth-order valence-corrected chi connectivity index (χ4v) is 6.97. The van der Waals surface area contributed by atoms with Crippen LogP contribution < -0.4 is 9.62 Å². The Kier molecular flexibility index (Phi) is 10.1. The van der Waals surface area contributed by atoms with E-state index in [1.165, 1.54) is 15.6 Å². The van der Waals surface area contributed by atoms with Crippen molar-refractivity contribution in [3.63, 3.8) is 0 Å². The van der Waals surface area contributed by atoms with E-state index >= 15 is 0 Å². The van der Waals surface area contributed by atoms with Crippen LogP contribution in [0.2, 0.25) is 0 Å². The second-order valence-corrected chi connectivity index (χ2v) is 13.5. The number of amides is 2. The molecule has 1 atom stereocenters. The molecule has 1 saturated carbocycles. The summed E-state index contributed by atoms with van der Waals surface area (Å²) >= 11 is 0. The van der Waals surface area contributed by atoms with E-state index in [0.717, 1.165) is 53.5 Å². The van der Waals surface area contributed by atoms with Crippen molar-refractivity contribution in [3.05, 3.63) is 94.5 Å². The van der Waals surface area contributed by atoms with Gasteiger partial charge < -0.3 is 10.2 Å². The third kappa shape index (κ3) is 7.59. The maximum Gasteiger partial charge on any atom is 0.264 e. The summed E-state index contributed by atoms with van der Waals surface area (Å²) in [5.41, 5.74) is 4.91. The lowest BCUT2D eigenvalue weighted by atomic mass is 9.95. The van der Waals surface area contributed by atoms with Crippen molar-refractivity contribution in [1.82, 2.24) is 10.2 Å². The molecule has 1 N–H and O–H groups in total. The molecule has 1 fully saturated rings. The van der Waals surface area contributed by atoms with Crippen LogP contribution in [0.4, 0.5) is 5.69 Å². The minimum Gasteiger partial charge on any atom is -0.352 e. The second kappa shape index (κ2) is 13.6. The van der Waals surface area contributed by atoms with E-state index in [4.69, 9.17) is 0 Å². The SMILES string of the molecule is Cc1ccc(S(=O)(=O)N(CC(=O)N(Cc2cccc(C)c2)[C@H](C)C(=O)NC2CCCCC2)c2cc(C)ccc2C)cc1. The monoisotopic (exact) mass is 589 g/mol. The Balaban J connectivity index is 1.71. The van der Waals surface area contributed by atoms with Gasteiger partial charge in [0.15, 0.2) is 0 Å². The summed E-state index contributed by atoms with van der Waals surface area (Å²) in [6, 6.07) is 19.3. The van der Waals surface area contributed by atoms with Crippen LogP contribution in [0.3, 0.4) is 0 Å². The first-order chi connectivity index (χ1) is 20.0. The molecular formula is C34H43N3O4S. The van der Waals surface area contributed by atoms with Crippen molar-refractivity contribution < 1.29 is 18.0 Å². The van der Waals surface area contributed by atoms with Gasteiger partial charge in [-0.2, -0.15) is 0 Å². The first-order valence-electron chi connectivity index (χ1n) is 14.8. The van der Waals surface area contributed by atoms with Crippen LogP contribution in [0.25, 0.3) is 0 Å². The first kappa shape index (κ1) is 31.3. The highest BCUT2D eigenvalue weighted by molar-refractivity contribution is 7.92. The fourth-order valence-electron chi connectivity index (χ4n) is 5.50. The van der Waals surface area contributed by atoms with Crippen molar-refractivity contribution >= 4 is 27.5 Å². The third-order valence-corrected chi connectivity index (χ3v) is 9.85. The Morgan fingerprint density at radius 3 is 2.17 bits per heavy atom. The molecule has 0 radical (unpaired) electrons. The Bertz CT molecular complexity index is 1510. The standard InChI is InChI=1S/C34H43N3O4S/c1-24-15-18-31(19-16-24)42(40,41)37(32-21-26(3)14-17-27(32)4)23-33(38)36(22-29-11-9-10-25(2)20-29)28(5)34(39)35-30-12-7-6-8-13-30/h9-11,14-21,28,30H,6-8,12-13,22-23H2,1-5H3,(H,35,39)/t28-/m1/s1. The van der Waals surface area contributed by atoms with Gasteiger partial charge in [0, 0.05) is 12.6 Å². The summed E-state index contributed by atoms with van der Waals surface area (Å²) in [6.07, 6.45) is 5.18. The summed E-state index contributed by atoms with van der Waals surface area (Å²) in [5.74, 6) is -0.665. The summed E-state index contributed by atoms with van der Waals surface area (Å²) in [5, 5.41) is 3.15. The molecule has 42 heavy (non-hydrogen) atoms. The number of carbonyl (C=O) groups excluding carboxylic acids is 2. The second-order valence-electron chi connectivity index (χ2n) is 11.6. The molecule has 1 aliphatic carbocycles. The van der Waals surface area contributed by atoms with Gasteiger partial charge in [-0.3, -0.25) is 13.9 Å². The Morgan fingerprint density at radius 1 is 0.857 bits per heavy atom. The van der Waals surface area contributed by atoms with E-state index < -0.39 is 28.5 Å². The van der Waals surface area contributed by atoms with Crippen molar-refractivity contribution in [2.75, 3.05) is 10.8 Å². The molecule has 0 spiro atoms. The third-order valence-electron chi connectivity index (χ3n) is 8.08. The van der Waals surface area contributed by atoms with Gasteiger partial charge in [-0.1, -0.05) is 78.9 Å². The highest BCUT2D eigenvalue weighted by Gasteiger charge is 2.33. The average molecular weight is 590 g/mol. The van der Waals surface area contributed by atoms with Crippen LogP contribution in [0, 0.1) is 27.7 Å². The van der Waals surface area contributed by atoms with Gasteiger partial charge in [0.1, 0.15) is 12.6 Å². The van der Waals surface area contributed by atoms with E-state index in [0.29, 0.717) is 5.69 Å². The lowest BCUT2D eigenvalue weighted by molar-refractivity contribution is -0.139. The van der Waals surface area contributed by atoms with Gasteiger partial charge in [0.25, 0.3) is 10.0 Å². The number of hydrogen-bond acceptors (Lipinski definition) is 4. The van der Waals surface area contributed by atoms with E-state index in [-0.39, 0.29) is 23.4 Å². The summed E-state index contributed by atoms with van der Waals surface area (Å²) in [7, 11) is -4.10. The Hall–Kier alpha value is -3.65. The van der Waals surface area contributed by atoms with Gasteiger partial charge in [-0.25, -0.2) is 8.42 Å². The normalized spacial score (nSPS) is 14.7. The molecule has 0 bridgehead atoms. The van der Waals surface area contributed by atoms with Crippen LogP contribution in [0.5, 0.6) is 0 Å². The Labute approximate surface area is 251 Å². The van der Waals surface area contributed by atoms with Crippen LogP contribution >= 0.6 is 0 Å². The molecule has 3 aromatic carbocycles. The van der Waals surface area contributed by atoms with Gasteiger partial charge in [0.05, 0.1) is 10.6 Å².